The van der Waals surface area contributed by atoms with E-state index >= 15 is 0 Å². The monoisotopic (exact) mass is 586 g/mol. The van der Waals surface area contributed by atoms with Crippen molar-refractivity contribution in [3.8, 4) is 23.0 Å². The number of benzene rings is 3. The maximum absolute atomic E-state index is 13.6. The minimum Gasteiger partial charge on any atom is -0.507 e. The first kappa shape index (κ1) is 31.7. The highest BCUT2D eigenvalue weighted by Crippen LogP contribution is 2.34. The molecule has 3 aromatic rings. The molecule has 10 nitrogen and oxygen atoms in total. The first-order chi connectivity index (χ1) is 19.5. The Kier molecular flexibility index (Phi) is 11.0. The Morgan fingerprint density at radius 2 is 1.51 bits per heavy atom. The van der Waals surface area contributed by atoms with E-state index in [1.54, 1.807) is 12.1 Å². The molecule has 0 radical (unpaired) electrons. The van der Waals surface area contributed by atoms with Gasteiger partial charge in [-0.3, -0.25) is 4.79 Å². The topological polar surface area (TPSA) is 135 Å². The number of amides is 1. The first-order valence-corrected chi connectivity index (χ1v) is 14.6. The fraction of sp³-hybridized carbons (Fsp3) is 0.367. The van der Waals surface area contributed by atoms with Crippen LogP contribution in [0.3, 0.4) is 0 Å². The number of aliphatic hydroxyl groups is 1. The standard InChI is InChI=1S/C30H38N2O8S/c1-20(2)18-32(41(36,37)23-13-11-22(38-3)12-14-23)19-27(34)25(15-21-9-7-6-8-10-21)31-30(35)24-16-28(39-4)29(40-5)17-26(24)33/h6-14,16-17,20,25,27,33-34H,15,18-19H2,1-5H3,(H,31,35)/t25-,27+/m0/s1. The number of methoxy groups -OCH3 is 3. The molecule has 0 spiro atoms. The molecule has 0 unspecified atom stereocenters. The largest absolute Gasteiger partial charge is 0.507 e. The Balaban J connectivity index is 1.93. The molecule has 3 N–H and O–H groups in total. The number of phenols is 1. The van der Waals surface area contributed by atoms with E-state index in [1.165, 1.54) is 49.9 Å². The van der Waals surface area contributed by atoms with E-state index in [9.17, 15) is 23.4 Å². The van der Waals surface area contributed by atoms with E-state index in [-0.39, 0.29) is 53.1 Å². The summed E-state index contributed by atoms with van der Waals surface area (Å²) in [7, 11) is 0.319. The maximum Gasteiger partial charge on any atom is 0.255 e. The maximum atomic E-state index is 13.6. The van der Waals surface area contributed by atoms with Crippen molar-refractivity contribution in [2.24, 2.45) is 5.92 Å². The van der Waals surface area contributed by atoms with Gasteiger partial charge in [0.25, 0.3) is 5.91 Å². The first-order valence-electron chi connectivity index (χ1n) is 13.1. The van der Waals surface area contributed by atoms with Crippen LogP contribution in [0.25, 0.3) is 0 Å². The van der Waals surface area contributed by atoms with E-state index in [0.29, 0.717) is 5.75 Å². The van der Waals surface area contributed by atoms with Gasteiger partial charge in [0.05, 0.1) is 43.9 Å². The van der Waals surface area contributed by atoms with Crippen LogP contribution >= 0.6 is 0 Å². The Labute approximate surface area is 241 Å². The molecule has 0 saturated heterocycles. The molecule has 0 heterocycles. The molecule has 0 aliphatic heterocycles. The Bertz CT molecular complexity index is 1400. The molecular weight excluding hydrogens is 548 g/mol. The molecule has 0 fully saturated rings. The highest BCUT2D eigenvalue weighted by Gasteiger charge is 2.32. The van der Waals surface area contributed by atoms with Gasteiger partial charge < -0.3 is 29.7 Å². The third-order valence-electron chi connectivity index (χ3n) is 6.48. The van der Waals surface area contributed by atoms with Gasteiger partial charge in [-0.05, 0) is 42.2 Å². The van der Waals surface area contributed by atoms with Crippen molar-refractivity contribution < 1.29 is 37.6 Å². The molecule has 0 aromatic heterocycles. The second-order valence-electron chi connectivity index (χ2n) is 9.95. The number of carbonyl (C=O) groups is 1. The zero-order valence-electron chi connectivity index (χ0n) is 23.9. The van der Waals surface area contributed by atoms with Gasteiger partial charge in [-0.2, -0.15) is 4.31 Å². The highest BCUT2D eigenvalue weighted by atomic mass is 32.2. The zero-order valence-corrected chi connectivity index (χ0v) is 24.7. The normalized spacial score (nSPS) is 13.1. The number of nitrogens with one attached hydrogen (secondary N) is 1. The van der Waals surface area contributed by atoms with Crippen molar-refractivity contribution >= 4 is 15.9 Å². The van der Waals surface area contributed by atoms with Gasteiger partial charge in [0, 0.05) is 25.2 Å². The van der Waals surface area contributed by atoms with Gasteiger partial charge in [-0.15, -0.1) is 0 Å². The third kappa shape index (κ3) is 8.12. The van der Waals surface area contributed by atoms with Crippen LogP contribution in [-0.4, -0.2) is 75.4 Å². The summed E-state index contributed by atoms with van der Waals surface area (Å²) in [4.78, 5) is 13.4. The predicted octanol–water partition coefficient (Wildman–Crippen LogP) is 3.47. The zero-order chi connectivity index (χ0) is 30.2. The lowest BCUT2D eigenvalue weighted by Crippen LogP contribution is -2.51. The van der Waals surface area contributed by atoms with Crippen LogP contribution in [0.1, 0.15) is 29.8 Å². The average molecular weight is 587 g/mol. The Hall–Kier alpha value is -3.80. The predicted molar refractivity (Wildman–Crippen MR) is 155 cm³/mol. The third-order valence-corrected chi connectivity index (χ3v) is 8.33. The summed E-state index contributed by atoms with van der Waals surface area (Å²) >= 11 is 0. The summed E-state index contributed by atoms with van der Waals surface area (Å²) < 4.78 is 44.1. The smallest absolute Gasteiger partial charge is 0.255 e. The molecule has 2 atom stereocenters. The van der Waals surface area contributed by atoms with Crippen molar-refractivity contribution in [2.75, 3.05) is 34.4 Å². The molecule has 11 heteroatoms. The molecular formula is C30H38N2O8S. The van der Waals surface area contributed by atoms with Gasteiger partial charge in [0.15, 0.2) is 11.5 Å². The van der Waals surface area contributed by atoms with E-state index in [1.807, 2.05) is 44.2 Å². The minimum absolute atomic E-state index is 0.0406. The van der Waals surface area contributed by atoms with Crippen LogP contribution in [0.5, 0.6) is 23.0 Å². The molecule has 0 aliphatic rings. The van der Waals surface area contributed by atoms with Crippen LogP contribution < -0.4 is 19.5 Å². The summed E-state index contributed by atoms with van der Waals surface area (Å²) in [6.07, 6.45) is -1.09. The SMILES string of the molecule is COc1ccc(S(=O)(=O)N(CC(C)C)C[C@@H](O)[C@H](Cc2ccccc2)NC(=O)c2cc(OC)c(OC)cc2O)cc1. The Morgan fingerprint density at radius 3 is 2.07 bits per heavy atom. The minimum atomic E-state index is -3.99. The van der Waals surface area contributed by atoms with E-state index in [4.69, 9.17) is 14.2 Å². The number of aliphatic hydroxyl groups excluding tert-OH is 1. The number of carbonyl (C=O) groups excluding carboxylic acids is 1. The second-order valence-corrected chi connectivity index (χ2v) is 11.9. The van der Waals surface area contributed by atoms with E-state index in [0.717, 1.165) is 5.56 Å². The quantitative estimate of drug-likeness (QED) is 0.262. The lowest BCUT2D eigenvalue weighted by Gasteiger charge is -2.31. The van der Waals surface area contributed by atoms with Crippen molar-refractivity contribution in [2.45, 2.75) is 37.3 Å². The number of sulfonamides is 1. The van der Waals surface area contributed by atoms with Crippen LogP contribution in [0.4, 0.5) is 0 Å². The summed E-state index contributed by atoms with van der Waals surface area (Å²) in [5.41, 5.74) is 0.736. The van der Waals surface area contributed by atoms with Crippen LogP contribution in [0.2, 0.25) is 0 Å². The van der Waals surface area contributed by atoms with Gasteiger partial charge >= 0.3 is 0 Å². The molecule has 3 rings (SSSR count). The van der Waals surface area contributed by atoms with Crippen molar-refractivity contribution in [1.82, 2.24) is 9.62 Å². The van der Waals surface area contributed by atoms with Crippen molar-refractivity contribution in [3.05, 3.63) is 77.9 Å². The molecule has 0 saturated carbocycles. The van der Waals surface area contributed by atoms with Crippen molar-refractivity contribution in [1.29, 1.82) is 0 Å². The number of hydrogen-bond acceptors (Lipinski definition) is 8. The number of hydrogen-bond donors (Lipinski definition) is 3. The summed E-state index contributed by atoms with van der Waals surface area (Å²) in [6, 6.07) is 16.9. The number of rotatable bonds is 14. The number of phenolic OH excluding ortho intramolecular Hbond substituents is 1. The van der Waals surface area contributed by atoms with Gasteiger partial charge in [-0.25, -0.2) is 8.42 Å². The molecule has 41 heavy (non-hydrogen) atoms. The Morgan fingerprint density at radius 1 is 0.902 bits per heavy atom. The molecule has 3 aromatic carbocycles. The lowest BCUT2D eigenvalue weighted by molar-refractivity contribution is 0.0773. The number of aromatic hydroxyl groups is 1. The summed E-state index contributed by atoms with van der Waals surface area (Å²) in [5, 5.41) is 24.8. The van der Waals surface area contributed by atoms with Gasteiger partial charge in [-0.1, -0.05) is 44.2 Å². The lowest BCUT2D eigenvalue weighted by atomic mass is 10.00. The fourth-order valence-corrected chi connectivity index (χ4v) is 5.98. The average Bonchev–Trinajstić information content (AvgIpc) is 2.96. The molecule has 222 valence electrons. The fourth-order valence-electron chi connectivity index (χ4n) is 4.36. The number of nitrogens with zero attached hydrogens (tertiary/aromatic N) is 1. The van der Waals surface area contributed by atoms with E-state index < -0.39 is 28.1 Å². The van der Waals surface area contributed by atoms with E-state index in [2.05, 4.69) is 5.32 Å². The van der Waals surface area contributed by atoms with Crippen LogP contribution in [0.15, 0.2) is 71.6 Å². The van der Waals surface area contributed by atoms with Gasteiger partial charge in [0.1, 0.15) is 11.5 Å². The molecule has 0 bridgehead atoms. The summed E-state index contributed by atoms with van der Waals surface area (Å²) in [6.45, 7) is 3.63. The summed E-state index contributed by atoms with van der Waals surface area (Å²) in [5.74, 6) is -0.0437. The van der Waals surface area contributed by atoms with Crippen molar-refractivity contribution in [3.63, 3.8) is 0 Å². The van der Waals surface area contributed by atoms with Crippen LogP contribution in [0, 0.1) is 5.92 Å². The second kappa shape index (κ2) is 14.2. The van der Waals surface area contributed by atoms with Crippen LogP contribution in [-0.2, 0) is 16.4 Å². The molecule has 0 aliphatic carbocycles. The number of ether oxygens (including phenoxy) is 3. The van der Waals surface area contributed by atoms with Gasteiger partial charge in [0.2, 0.25) is 10.0 Å². The molecule has 1 amide bonds. The highest BCUT2D eigenvalue weighted by molar-refractivity contribution is 7.89.